The highest BCUT2D eigenvalue weighted by molar-refractivity contribution is 6.25. The highest BCUT2D eigenvalue weighted by Crippen LogP contribution is 2.43. The van der Waals surface area contributed by atoms with E-state index >= 15 is 0 Å². The molecule has 1 aliphatic rings. The molecule has 9 aromatic carbocycles. The zero-order valence-electron chi connectivity index (χ0n) is 32.8. The van der Waals surface area contributed by atoms with Crippen molar-refractivity contribution in [3.63, 3.8) is 0 Å². The lowest BCUT2D eigenvalue weighted by Crippen LogP contribution is -2.06. The molecule has 0 spiro atoms. The average molecular weight is 769 g/mol. The Hall–Kier alpha value is -7.82. The van der Waals surface area contributed by atoms with Crippen LogP contribution in [0.15, 0.2) is 212 Å². The van der Waals surface area contributed by atoms with E-state index in [9.17, 15) is 0 Å². The standard InChI is InChI=1S/C56H36N2O2/c1-34-31-49(38-25-21-37(22-26-38)41-27-23-35-11-2-4-13-39(35)32-41)57-56(58-53(34)42-28-24-36-12-3-5-14-40(36)33-42)48-30-29-46(55-52(48)47-16-7-9-20-51(47)60-55)45-18-10-17-44-43-15-6-8-19-50(43)59-54(44)45/h2-30,32-33H,31H2,1H3. The van der Waals surface area contributed by atoms with E-state index in [2.05, 4.69) is 171 Å². The molecule has 2 aromatic heterocycles. The van der Waals surface area contributed by atoms with Crippen molar-refractivity contribution in [3.05, 3.63) is 210 Å². The Kier molecular flexibility index (Phi) is 7.79. The lowest BCUT2D eigenvalue weighted by molar-refractivity contribution is 0.665. The van der Waals surface area contributed by atoms with Gasteiger partial charge in [0.15, 0.2) is 5.84 Å². The topological polar surface area (TPSA) is 51.0 Å². The summed E-state index contributed by atoms with van der Waals surface area (Å²) >= 11 is 0. The summed E-state index contributed by atoms with van der Waals surface area (Å²) in [5.41, 5.74) is 13.7. The van der Waals surface area contributed by atoms with Crippen LogP contribution in [-0.2, 0) is 0 Å². The van der Waals surface area contributed by atoms with Crippen molar-refractivity contribution in [3.8, 4) is 22.3 Å². The number of benzene rings is 9. The highest BCUT2D eigenvalue weighted by Gasteiger charge is 2.24. The van der Waals surface area contributed by atoms with E-state index < -0.39 is 0 Å². The molecule has 0 atom stereocenters. The lowest BCUT2D eigenvalue weighted by Gasteiger charge is -2.11. The van der Waals surface area contributed by atoms with Crippen LogP contribution >= 0.6 is 0 Å². The monoisotopic (exact) mass is 768 g/mol. The summed E-state index contributed by atoms with van der Waals surface area (Å²) in [7, 11) is 0. The van der Waals surface area contributed by atoms with Crippen LogP contribution in [0.3, 0.4) is 0 Å². The average Bonchev–Trinajstić information content (AvgIpc) is 3.83. The minimum Gasteiger partial charge on any atom is -0.455 e. The first-order valence-corrected chi connectivity index (χ1v) is 20.4. The number of amidine groups is 1. The Morgan fingerprint density at radius 3 is 1.72 bits per heavy atom. The third-order valence-corrected chi connectivity index (χ3v) is 12.1. The Bertz CT molecular complexity index is 3630. The molecule has 282 valence electrons. The van der Waals surface area contributed by atoms with E-state index in [1.165, 1.54) is 32.7 Å². The van der Waals surface area contributed by atoms with Gasteiger partial charge in [-0.2, -0.15) is 0 Å². The van der Waals surface area contributed by atoms with Crippen LogP contribution in [0.4, 0.5) is 0 Å². The fourth-order valence-corrected chi connectivity index (χ4v) is 9.07. The van der Waals surface area contributed by atoms with Gasteiger partial charge in [-0.3, -0.25) is 0 Å². The number of para-hydroxylation sites is 3. The van der Waals surface area contributed by atoms with Gasteiger partial charge in [-0.1, -0.05) is 152 Å². The van der Waals surface area contributed by atoms with Gasteiger partial charge in [0.05, 0.1) is 11.4 Å². The Balaban J connectivity index is 1.06. The fourth-order valence-electron chi connectivity index (χ4n) is 9.07. The minimum absolute atomic E-state index is 0.645. The van der Waals surface area contributed by atoms with Gasteiger partial charge in [0, 0.05) is 50.2 Å². The summed E-state index contributed by atoms with van der Waals surface area (Å²) in [6.45, 7) is 2.19. The van der Waals surface area contributed by atoms with E-state index in [1.54, 1.807) is 0 Å². The third kappa shape index (κ3) is 5.60. The zero-order chi connectivity index (χ0) is 39.7. The Morgan fingerprint density at radius 2 is 0.950 bits per heavy atom. The lowest BCUT2D eigenvalue weighted by atomic mass is 9.96. The fraction of sp³-hybridized carbons (Fsp3) is 0.0357. The second-order valence-corrected chi connectivity index (χ2v) is 15.7. The molecule has 0 N–H and O–H groups in total. The number of nitrogens with zero attached hydrogens (tertiary/aromatic N) is 2. The van der Waals surface area contributed by atoms with E-state index in [0.717, 1.165) is 88.7 Å². The normalized spacial score (nSPS) is 13.5. The van der Waals surface area contributed by atoms with Gasteiger partial charge in [-0.05, 0) is 87.1 Å². The van der Waals surface area contributed by atoms with Crippen molar-refractivity contribution >= 4 is 82.7 Å². The first-order chi connectivity index (χ1) is 29.6. The van der Waals surface area contributed by atoms with Crippen molar-refractivity contribution in [1.29, 1.82) is 0 Å². The first kappa shape index (κ1) is 34.2. The summed E-state index contributed by atoms with van der Waals surface area (Å²) in [5.74, 6) is 0.647. The number of aliphatic imine (C=N–C) groups is 2. The maximum absolute atomic E-state index is 6.84. The van der Waals surface area contributed by atoms with Crippen LogP contribution in [-0.4, -0.2) is 11.5 Å². The maximum Gasteiger partial charge on any atom is 0.160 e. The summed E-state index contributed by atoms with van der Waals surface area (Å²) in [6.07, 6.45) is 0.645. The van der Waals surface area contributed by atoms with Gasteiger partial charge in [0.1, 0.15) is 22.3 Å². The van der Waals surface area contributed by atoms with Crippen LogP contribution in [0.25, 0.3) is 93.4 Å². The van der Waals surface area contributed by atoms with Gasteiger partial charge < -0.3 is 8.83 Å². The molecule has 0 fully saturated rings. The van der Waals surface area contributed by atoms with Crippen molar-refractivity contribution in [1.82, 2.24) is 0 Å². The van der Waals surface area contributed by atoms with Crippen molar-refractivity contribution in [2.75, 3.05) is 0 Å². The molecule has 0 bridgehead atoms. The van der Waals surface area contributed by atoms with Gasteiger partial charge in [-0.25, -0.2) is 9.98 Å². The minimum atomic E-state index is 0.645. The highest BCUT2D eigenvalue weighted by atomic mass is 16.3. The summed E-state index contributed by atoms with van der Waals surface area (Å²) in [5, 5.41) is 8.99. The molecule has 4 heteroatoms. The smallest absolute Gasteiger partial charge is 0.160 e. The molecular weight excluding hydrogens is 733 g/mol. The van der Waals surface area contributed by atoms with Crippen molar-refractivity contribution in [2.24, 2.45) is 9.98 Å². The molecule has 11 aromatic rings. The molecule has 0 radical (unpaired) electrons. The molecule has 0 aliphatic carbocycles. The third-order valence-electron chi connectivity index (χ3n) is 12.1. The summed E-state index contributed by atoms with van der Waals surface area (Å²) in [6, 6.07) is 66.2. The van der Waals surface area contributed by atoms with Crippen LogP contribution in [0.1, 0.15) is 30.0 Å². The van der Waals surface area contributed by atoms with Crippen LogP contribution in [0.2, 0.25) is 0 Å². The van der Waals surface area contributed by atoms with E-state index in [0.29, 0.717) is 12.3 Å². The van der Waals surface area contributed by atoms with Crippen molar-refractivity contribution < 1.29 is 8.83 Å². The number of rotatable bonds is 5. The van der Waals surface area contributed by atoms with Crippen LogP contribution in [0, 0.1) is 0 Å². The molecule has 0 saturated heterocycles. The van der Waals surface area contributed by atoms with E-state index in [4.69, 9.17) is 18.8 Å². The van der Waals surface area contributed by atoms with E-state index in [-0.39, 0.29) is 0 Å². The largest absolute Gasteiger partial charge is 0.455 e. The number of allylic oxidation sites excluding steroid dienone is 1. The summed E-state index contributed by atoms with van der Waals surface area (Å²) < 4.78 is 13.4. The molecule has 3 heterocycles. The second-order valence-electron chi connectivity index (χ2n) is 15.7. The molecule has 0 amide bonds. The number of hydrogen-bond acceptors (Lipinski definition) is 4. The van der Waals surface area contributed by atoms with Crippen LogP contribution in [0.5, 0.6) is 0 Å². The second kappa shape index (κ2) is 13.6. The predicted octanol–water partition coefficient (Wildman–Crippen LogP) is 15.2. The number of furan rings is 2. The van der Waals surface area contributed by atoms with Gasteiger partial charge >= 0.3 is 0 Å². The quantitative estimate of drug-likeness (QED) is 0.175. The van der Waals surface area contributed by atoms with Gasteiger partial charge in [0.2, 0.25) is 0 Å². The number of hydrogen-bond donors (Lipinski definition) is 0. The zero-order valence-corrected chi connectivity index (χ0v) is 32.8. The Morgan fingerprint density at radius 1 is 0.400 bits per heavy atom. The molecule has 1 aliphatic heterocycles. The van der Waals surface area contributed by atoms with E-state index in [1.807, 2.05) is 24.3 Å². The summed E-state index contributed by atoms with van der Waals surface area (Å²) in [4.78, 5) is 11.1. The molecule has 4 nitrogen and oxygen atoms in total. The maximum atomic E-state index is 6.84. The molecular formula is C56H36N2O2. The predicted molar refractivity (Wildman–Crippen MR) is 250 cm³/mol. The van der Waals surface area contributed by atoms with Gasteiger partial charge in [-0.15, -0.1) is 0 Å². The SMILES string of the molecule is CC1=C(c2ccc3ccccc3c2)N=C(c2ccc(-c3cccc4c3oc3ccccc34)c3oc4ccccc4c23)N=C(c2ccc(-c3ccc4ccccc4c3)cc2)C1. The molecule has 0 saturated carbocycles. The number of fused-ring (bicyclic) bond motifs is 8. The molecule has 12 rings (SSSR count). The van der Waals surface area contributed by atoms with Crippen molar-refractivity contribution in [2.45, 2.75) is 13.3 Å². The Labute approximate surface area is 346 Å². The molecule has 0 unspecified atom stereocenters. The van der Waals surface area contributed by atoms with Crippen LogP contribution < -0.4 is 0 Å². The molecule has 60 heavy (non-hydrogen) atoms. The van der Waals surface area contributed by atoms with Gasteiger partial charge in [0.25, 0.3) is 0 Å². The first-order valence-electron chi connectivity index (χ1n) is 20.4.